The number of nitrogens with zero attached hydrogens (tertiary/aromatic N) is 1. The molecule has 0 amide bonds. The maximum Gasteiger partial charge on any atom is 0.0794 e. The van der Waals surface area contributed by atoms with Crippen molar-refractivity contribution in [3.8, 4) is 0 Å². The second-order valence-corrected chi connectivity index (χ2v) is 4.26. The number of aromatic nitrogens is 1. The molecule has 0 aliphatic rings. The van der Waals surface area contributed by atoms with E-state index in [0.717, 1.165) is 18.7 Å². The molecule has 1 aromatic rings. The van der Waals surface area contributed by atoms with Gasteiger partial charge in [0.15, 0.2) is 0 Å². The fourth-order valence-electron chi connectivity index (χ4n) is 1.35. The number of nitrogens with one attached hydrogen (secondary N) is 1. The highest BCUT2D eigenvalue weighted by molar-refractivity contribution is 7.07. The van der Waals surface area contributed by atoms with Gasteiger partial charge >= 0.3 is 0 Å². The van der Waals surface area contributed by atoms with Crippen LogP contribution in [0.3, 0.4) is 0 Å². The van der Waals surface area contributed by atoms with Crippen LogP contribution in [0.2, 0.25) is 0 Å². The minimum absolute atomic E-state index is 0.114. The van der Waals surface area contributed by atoms with Crippen molar-refractivity contribution in [2.75, 3.05) is 13.6 Å². The molecular weight excluding hydrogens is 180 g/mol. The number of hydrogen-bond acceptors (Lipinski definition) is 3. The first-order valence-electron chi connectivity index (χ1n) is 4.35. The Balaban J connectivity index is 2.63. The van der Waals surface area contributed by atoms with Crippen LogP contribution in [0.5, 0.6) is 0 Å². The van der Waals surface area contributed by atoms with Gasteiger partial charge in [-0.25, -0.2) is 4.98 Å². The Morgan fingerprint density at radius 3 is 3.00 bits per heavy atom. The quantitative estimate of drug-likeness (QED) is 0.729. The average molecular weight is 196 g/mol. The van der Waals surface area contributed by atoms with E-state index in [1.54, 1.807) is 11.3 Å². The first-order chi connectivity index (χ1) is 6.20. The third-order valence-electron chi connectivity index (χ3n) is 2.14. The molecule has 0 aliphatic carbocycles. The Kier molecular flexibility index (Phi) is 3.63. The first-order valence-corrected chi connectivity index (χ1v) is 5.30. The highest BCUT2D eigenvalue weighted by Crippen LogP contribution is 2.22. The molecule has 0 bridgehead atoms. The lowest BCUT2D eigenvalue weighted by molar-refractivity contribution is 0.403. The molecule has 1 aromatic heterocycles. The molecule has 0 spiro atoms. The predicted octanol–water partition coefficient (Wildman–Crippen LogP) is 2.10. The molecule has 1 N–H and O–H groups in total. The van der Waals surface area contributed by atoms with Crippen LogP contribution in [-0.4, -0.2) is 18.6 Å². The summed E-state index contributed by atoms with van der Waals surface area (Å²) < 4.78 is 0. The summed E-state index contributed by atoms with van der Waals surface area (Å²) in [6.45, 7) is 7.00. The summed E-state index contributed by atoms with van der Waals surface area (Å²) in [6.07, 6.45) is 2.96. The maximum atomic E-state index is 4.27. The van der Waals surface area contributed by atoms with Gasteiger partial charge in [0.25, 0.3) is 0 Å². The summed E-state index contributed by atoms with van der Waals surface area (Å²) in [7, 11) is 1.96. The van der Waals surface area contributed by atoms with Gasteiger partial charge in [-0.2, -0.15) is 0 Å². The van der Waals surface area contributed by atoms with E-state index in [1.807, 2.05) is 18.6 Å². The van der Waals surface area contributed by atoms with Crippen molar-refractivity contribution in [1.29, 1.82) is 0 Å². The molecule has 0 aromatic carbocycles. The number of hydrogen-bond donors (Lipinski definition) is 1. The van der Waals surface area contributed by atoms with Crippen LogP contribution in [0.4, 0.5) is 0 Å². The van der Waals surface area contributed by atoms with Crippen molar-refractivity contribution in [2.45, 2.75) is 13.3 Å². The second-order valence-electron chi connectivity index (χ2n) is 3.55. The molecule has 1 unspecified atom stereocenters. The smallest absolute Gasteiger partial charge is 0.0794 e. The van der Waals surface area contributed by atoms with Crippen LogP contribution >= 0.6 is 11.3 Å². The van der Waals surface area contributed by atoms with E-state index >= 15 is 0 Å². The molecule has 2 nitrogen and oxygen atoms in total. The fraction of sp³-hybridized carbons (Fsp3) is 0.500. The van der Waals surface area contributed by atoms with Gasteiger partial charge < -0.3 is 5.32 Å². The van der Waals surface area contributed by atoms with Crippen molar-refractivity contribution in [3.63, 3.8) is 0 Å². The third-order valence-corrected chi connectivity index (χ3v) is 2.78. The van der Waals surface area contributed by atoms with Crippen molar-refractivity contribution in [3.05, 3.63) is 29.2 Å². The summed E-state index contributed by atoms with van der Waals surface area (Å²) in [5.41, 5.74) is 3.14. The van der Waals surface area contributed by atoms with Crippen LogP contribution in [-0.2, 0) is 6.42 Å². The third kappa shape index (κ3) is 2.94. The van der Waals surface area contributed by atoms with E-state index in [2.05, 4.69) is 29.2 Å². The lowest BCUT2D eigenvalue weighted by Gasteiger charge is -2.24. The van der Waals surface area contributed by atoms with Gasteiger partial charge in [-0.1, -0.05) is 13.0 Å². The summed E-state index contributed by atoms with van der Waals surface area (Å²) in [4.78, 5) is 4.27. The van der Waals surface area contributed by atoms with E-state index in [-0.39, 0.29) is 5.41 Å². The van der Waals surface area contributed by atoms with E-state index in [9.17, 15) is 0 Å². The van der Waals surface area contributed by atoms with Gasteiger partial charge in [0.2, 0.25) is 0 Å². The van der Waals surface area contributed by atoms with Gasteiger partial charge in [0.1, 0.15) is 0 Å². The monoisotopic (exact) mass is 196 g/mol. The van der Waals surface area contributed by atoms with E-state index in [1.165, 1.54) is 0 Å². The Morgan fingerprint density at radius 2 is 2.54 bits per heavy atom. The maximum absolute atomic E-state index is 4.27. The van der Waals surface area contributed by atoms with Crippen LogP contribution in [0.1, 0.15) is 12.6 Å². The zero-order valence-electron chi connectivity index (χ0n) is 8.21. The van der Waals surface area contributed by atoms with Gasteiger partial charge in [-0.3, -0.25) is 0 Å². The Hall–Kier alpha value is -0.670. The van der Waals surface area contributed by atoms with Crippen molar-refractivity contribution >= 4 is 11.3 Å². The summed E-state index contributed by atoms with van der Waals surface area (Å²) >= 11 is 1.64. The average Bonchev–Trinajstić information content (AvgIpc) is 2.57. The minimum atomic E-state index is 0.114. The SMILES string of the molecule is C=CC(C)(CNC)Cc1cscn1. The Bertz CT molecular complexity index is 256. The fourth-order valence-corrected chi connectivity index (χ4v) is 1.91. The summed E-state index contributed by atoms with van der Waals surface area (Å²) in [5, 5.41) is 5.27. The zero-order chi connectivity index (χ0) is 9.73. The molecule has 3 heteroatoms. The van der Waals surface area contributed by atoms with E-state index in [4.69, 9.17) is 0 Å². The van der Waals surface area contributed by atoms with Gasteiger partial charge in [-0.05, 0) is 7.05 Å². The predicted molar refractivity (Wildman–Crippen MR) is 58.0 cm³/mol. The molecule has 0 fully saturated rings. The van der Waals surface area contributed by atoms with Crippen LogP contribution in [0.25, 0.3) is 0 Å². The largest absolute Gasteiger partial charge is 0.319 e. The van der Waals surface area contributed by atoms with E-state index < -0.39 is 0 Å². The first kappa shape index (κ1) is 10.4. The Labute approximate surface area is 83.7 Å². The van der Waals surface area contributed by atoms with Gasteiger partial charge in [0, 0.05) is 23.8 Å². The zero-order valence-corrected chi connectivity index (χ0v) is 9.03. The highest BCUT2D eigenvalue weighted by Gasteiger charge is 2.20. The van der Waals surface area contributed by atoms with Crippen LogP contribution < -0.4 is 5.32 Å². The molecular formula is C10H16N2S. The topological polar surface area (TPSA) is 24.9 Å². The standard InChI is InChI=1S/C10H16N2S/c1-4-10(2,7-11-3)5-9-6-13-8-12-9/h4,6,8,11H,1,5,7H2,2-3H3. The van der Waals surface area contributed by atoms with Crippen molar-refractivity contribution < 1.29 is 0 Å². The molecule has 72 valence electrons. The summed E-state index contributed by atoms with van der Waals surface area (Å²) in [5.74, 6) is 0. The normalized spacial score (nSPS) is 15.2. The Morgan fingerprint density at radius 1 is 1.77 bits per heavy atom. The minimum Gasteiger partial charge on any atom is -0.319 e. The molecule has 0 saturated heterocycles. The van der Waals surface area contributed by atoms with Crippen LogP contribution in [0, 0.1) is 5.41 Å². The molecule has 1 atom stereocenters. The molecule has 0 radical (unpaired) electrons. The number of thiazole rings is 1. The van der Waals surface area contributed by atoms with E-state index in [0.29, 0.717) is 0 Å². The van der Waals surface area contributed by atoms with Crippen molar-refractivity contribution in [1.82, 2.24) is 10.3 Å². The highest BCUT2D eigenvalue weighted by atomic mass is 32.1. The molecule has 1 heterocycles. The molecule has 13 heavy (non-hydrogen) atoms. The molecule has 1 rings (SSSR count). The molecule has 0 aliphatic heterocycles. The lowest BCUT2D eigenvalue weighted by atomic mass is 9.86. The van der Waals surface area contributed by atoms with Gasteiger partial charge in [-0.15, -0.1) is 17.9 Å². The number of rotatable bonds is 5. The second kappa shape index (κ2) is 4.53. The summed E-state index contributed by atoms with van der Waals surface area (Å²) in [6, 6.07) is 0. The van der Waals surface area contributed by atoms with Crippen molar-refractivity contribution in [2.24, 2.45) is 5.41 Å². The molecule has 0 saturated carbocycles. The van der Waals surface area contributed by atoms with Gasteiger partial charge in [0.05, 0.1) is 11.2 Å². The van der Waals surface area contributed by atoms with Crippen LogP contribution in [0.15, 0.2) is 23.5 Å². The lowest BCUT2D eigenvalue weighted by Crippen LogP contribution is -2.29.